The average molecular weight is 365 g/mol. The van der Waals surface area contributed by atoms with Crippen molar-refractivity contribution >= 4 is 51.9 Å². The quantitative estimate of drug-likeness (QED) is 0.644. The molecule has 7 heteroatoms. The summed E-state index contributed by atoms with van der Waals surface area (Å²) in [6.45, 7) is 0.447. The van der Waals surface area contributed by atoms with Gasteiger partial charge in [-0.05, 0) is 18.6 Å². The normalized spacial score (nSPS) is 10.6. The Kier molecular flexibility index (Phi) is 6.30. The van der Waals surface area contributed by atoms with Gasteiger partial charge in [0.15, 0.2) is 0 Å². The molecular formula is C14H12Cl3NO2S. The van der Waals surface area contributed by atoms with Crippen LogP contribution in [0.4, 0.5) is 0 Å². The number of hydrogen-bond donors (Lipinski definition) is 0. The van der Waals surface area contributed by atoms with Crippen LogP contribution >= 0.6 is 46.1 Å². The first-order valence-electron chi connectivity index (χ1n) is 6.24. The molecule has 0 aliphatic carbocycles. The number of aromatic nitrogens is 1. The van der Waals surface area contributed by atoms with Crippen LogP contribution in [-0.4, -0.2) is 17.4 Å². The second-order valence-corrected chi connectivity index (χ2v) is 6.86. The van der Waals surface area contributed by atoms with E-state index in [2.05, 4.69) is 4.98 Å². The van der Waals surface area contributed by atoms with E-state index in [0.29, 0.717) is 46.0 Å². The molecule has 3 nitrogen and oxygen atoms in total. The summed E-state index contributed by atoms with van der Waals surface area (Å²) in [6.07, 6.45) is 2.96. The van der Waals surface area contributed by atoms with Crippen LogP contribution in [0.25, 0.3) is 0 Å². The summed E-state index contributed by atoms with van der Waals surface area (Å²) in [4.78, 5) is 15.8. The third-order valence-corrected chi connectivity index (χ3v) is 4.49. The Balaban J connectivity index is 1.69. The van der Waals surface area contributed by atoms with Gasteiger partial charge in [-0.2, -0.15) is 0 Å². The van der Waals surface area contributed by atoms with Gasteiger partial charge in [0.2, 0.25) is 0 Å². The first-order valence-corrected chi connectivity index (χ1v) is 8.19. The fourth-order valence-electron chi connectivity index (χ4n) is 1.65. The molecule has 0 bridgehead atoms. The van der Waals surface area contributed by atoms with E-state index < -0.39 is 0 Å². The fraction of sp³-hybridized carbons (Fsp3) is 0.286. The summed E-state index contributed by atoms with van der Waals surface area (Å²) in [7, 11) is 0. The SMILES string of the molecule is O=C(CCCOc1ccc(Cl)c(Cl)c1)Cc1ncc(Cl)s1. The molecule has 1 aromatic heterocycles. The van der Waals surface area contributed by atoms with Gasteiger partial charge in [0.1, 0.15) is 20.9 Å². The number of benzene rings is 1. The Labute approximate surface area is 141 Å². The van der Waals surface area contributed by atoms with Crippen molar-refractivity contribution in [1.29, 1.82) is 0 Å². The Morgan fingerprint density at radius 2 is 2.05 bits per heavy atom. The molecule has 21 heavy (non-hydrogen) atoms. The van der Waals surface area contributed by atoms with Gasteiger partial charge >= 0.3 is 0 Å². The largest absolute Gasteiger partial charge is 0.494 e. The van der Waals surface area contributed by atoms with Crippen molar-refractivity contribution in [3.05, 3.63) is 43.8 Å². The molecule has 0 radical (unpaired) electrons. The van der Waals surface area contributed by atoms with Gasteiger partial charge in [0, 0.05) is 12.5 Å². The summed E-state index contributed by atoms with van der Waals surface area (Å²) in [5, 5.41) is 1.68. The van der Waals surface area contributed by atoms with E-state index in [4.69, 9.17) is 39.5 Å². The van der Waals surface area contributed by atoms with Crippen LogP contribution < -0.4 is 4.74 Å². The first-order chi connectivity index (χ1) is 10.0. The minimum atomic E-state index is 0.124. The maximum absolute atomic E-state index is 11.8. The van der Waals surface area contributed by atoms with Crippen molar-refractivity contribution in [1.82, 2.24) is 4.98 Å². The number of ether oxygens (including phenoxy) is 1. The summed E-state index contributed by atoms with van der Waals surface area (Å²) < 4.78 is 6.12. The molecule has 0 saturated heterocycles. The molecule has 1 heterocycles. The molecular weight excluding hydrogens is 353 g/mol. The van der Waals surface area contributed by atoms with Crippen LogP contribution in [0.3, 0.4) is 0 Å². The van der Waals surface area contributed by atoms with E-state index in [1.54, 1.807) is 24.4 Å². The van der Waals surface area contributed by atoms with Gasteiger partial charge in [-0.3, -0.25) is 4.79 Å². The van der Waals surface area contributed by atoms with Crippen molar-refractivity contribution in [2.24, 2.45) is 0 Å². The lowest BCUT2D eigenvalue weighted by Gasteiger charge is -2.06. The second kappa shape index (κ2) is 7.99. The van der Waals surface area contributed by atoms with Crippen LogP contribution in [-0.2, 0) is 11.2 Å². The maximum atomic E-state index is 11.8. The number of carbonyl (C=O) groups excluding carboxylic acids is 1. The predicted octanol–water partition coefficient (Wildman–Crippen LogP) is 5.07. The highest BCUT2D eigenvalue weighted by atomic mass is 35.5. The molecule has 0 saturated carbocycles. The third kappa shape index (κ3) is 5.47. The first kappa shape index (κ1) is 16.6. The number of nitrogens with zero attached hydrogens (tertiary/aromatic N) is 1. The number of Topliss-reactive ketones (excluding diaryl/α,β-unsaturated/α-hetero) is 1. The summed E-state index contributed by atoms with van der Waals surface area (Å²) in [5.74, 6) is 0.766. The number of hydrogen-bond acceptors (Lipinski definition) is 4. The smallest absolute Gasteiger partial charge is 0.139 e. The van der Waals surface area contributed by atoms with E-state index in [0.717, 1.165) is 5.01 Å². The monoisotopic (exact) mass is 363 g/mol. The number of carbonyl (C=O) groups is 1. The molecule has 0 amide bonds. The van der Waals surface area contributed by atoms with Crippen LogP contribution in [0.2, 0.25) is 14.4 Å². The minimum absolute atomic E-state index is 0.124. The van der Waals surface area contributed by atoms with Crippen LogP contribution in [0.5, 0.6) is 5.75 Å². The molecule has 0 atom stereocenters. The van der Waals surface area contributed by atoms with Crippen molar-refractivity contribution < 1.29 is 9.53 Å². The van der Waals surface area contributed by atoms with Crippen molar-refractivity contribution in [2.45, 2.75) is 19.3 Å². The Hall–Kier alpha value is -0.810. The lowest BCUT2D eigenvalue weighted by atomic mass is 10.2. The van der Waals surface area contributed by atoms with Gasteiger partial charge < -0.3 is 4.74 Å². The highest BCUT2D eigenvalue weighted by molar-refractivity contribution is 7.15. The van der Waals surface area contributed by atoms with E-state index in [-0.39, 0.29) is 5.78 Å². The van der Waals surface area contributed by atoms with Gasteiger partial charge in [0.05, 0.1) is 29.3 Å². The highest BCUT2D eigenvalue weighted by Gasteiger charge is 2.08. The molecule has 0 unspecified atom stereocenters. The second-order valence-electron chi connectivity index (χ2n) is 4.30. The Bertz CT molecular complexity index is 630. The Morgan fingerprint density at radius 3 is 2.71 bits per heavy atom. The number of thiazole rings is 1. The van der Waals surface area contributed by atoms with Crippen LogP contribution in [0.15, 0.2) is 24.4 Å². The molecule has 2 rings (SSSR count). The minimum Gasteiger partial charge on any atom is -0.494 e. The number of halogens is 3. The highest BCUT2D eigenvalue weighted by Crippen LogP contribution is 2.26. The van der Waals surface area contributed by atoms with Gasteiger partial charge in [-0.15, -0.1) is 11.3 Å². The topological polar surface area (TPSA) is 39.2 Å². The summed E-state index contributed by atoms with van der Waals surface area (Å²) in [6, 6.07) is 5.08. The Morgan fingerprint density at radius 1 is 1.24 bits per heavy atom. The zero-order valence-electron chi connectivity index (χ0n) is 10.9. The van der Waals surface area contributed by atoms with E-state index >= 15 is 0 Å². The van der Waals surface area contributed by atoms with E-state index in [1.807, 2.05) is 0 Å². The van der Waals surface area contributed by atoms with E-state index in [9.17, 15) is 4.79 Å². The standard InChI is InChI=1S/C14H12Cl3NO2S/c15-11-4-3-10(7-12(11)16)20-5-1-2-9(19)6-14-18-8-13(17)21-14/h3-4,7-8H,1-2,5-6H2. The lowest BCUT2D eigenvalue weighted by Crippen LogP contribution is -2.05. The third-order valence-electron chi connectivity index (χ3n) is 2.63. The maximum Gasteiger partial charge on any atom is 0.139 e. The van der Waals surface area contributed by atoms with Gasteiger partial charge in [-0.25, -0.2) is 4.98 Å². The zero-order valence-corrected chi connectivity index (χ0v) is 14.0. The van der Waals surface area contributed by atoms with E-state index in [1.165, 1.54) is 11.3 Å². The average Bonchev–Trinajstić information content (AvgIpc) is 2.84. The van der Waals surface area contributed by atoms with Gasteiger partial charge in [-0.1, -0.05) is 34.8 Å². The van der Waals surface area contributed by atoms with Crippen molar-refractivity contribution in [3.63, 3.8) is 0 Å². The van der Waals surface area contributed by atoms with Gasteiger partial charge in [0.25, 0.3) is 0 Å². The molecule has 0 N–H and O–H groups in total. The van der Waals surface area contributed by atoms with Crippen LogP contribution in [0.1, 0.15) is 17.8 Å². The molecule has 0 fully saturated rings. The molecule has 0 aliphatic rings. The summed E-state index contributed by atoms with van der Waals surface area (Å²) >= 11 is 18.8. The molecule has 2 aromatic rings. The number of ketones is 1. The molecule has 0 spiro atoms. The predicted molar refractivity (Wildman–Crippen MR) is 87.0 cm³/mol. The zero-order chi connectivity index (χ0) is 15.2. The van der Waals surface area contributed by atoms with Crippen LogP contribution in [0, 0.1) is 0 Å². The number of rotatable bonds is 7. The molecule has 1 aromatic carbocycles. The summed E-state index contributed by atoms with van der Waals surface area (Å²) in [5.41, 5.74) is 0. The lowest BCUT2D eigenvalue weighted by molar-refractivity contribution is -0.118. The fourth-order valence-corrected chi connectivity index (χ4v) is 2.93. The van der Waals surface area contributed by atoms with Crippen molar-refractivity contribution in [3.8, 4) is 5.75 Å². The molecule has 0 aliphatic heterocycles. The molecule has 112 valence electrons. The van der Waals surface area contributed by atoms with Crippen molar-refractivity contribution in [2.75, 3.05) is 6.61 Å².